The average molecular weight is 177 g/mol. The van der Waals surface area contributed by atoms with Crippen LogP contribution in [0.2, 0.25) is 0 Å². The molecule has 3 heteroatoms. The molecular formula is C7H15NS2. The molecule has 1 aliphatic heterocycles. The molecule has 0 amide bonds. The van der Waals surface area contributed by atoms with Gasteiger partial charge in [0.05, 0.1) is 0 Å². The third kappa shape index (κ3) is 3.17. The van der Waals surface area contributed by atoms with Gasteiger partial charge in [0.1, 0.15) is 0 Å². The lowest BCUT2D eigenvalue weighted by molar-refractivity contribution is 0.840. The van der Waals surface area contributed by atoms with Gasteiger partial charge in [-0.2, -0.15) is 23.5 Å². The highest BCUT2D eigenvalue weighted by Crippen LogP contribution is 2.27. The van der Waals surface area contributed by atoms with Gasteiger partial charge in [0.2, 0.25) is 0 Å². The maximum Gasteiger partial charge on any atom is 0.0146 e. The second-order valence-corrected chi connectivity index (χ2v) is 5.28. The summed E-state index contributed by atoms with van der Waals surface area (Å²) in [6.45, 7) is 2.08. The van der Waals surface area contributed by atoms with Gasteiger partial charge in [-0.05, 0) is 19.1 Å². The minimum absolute atomic E-state index is 0.371. The van der Waals surface area contributed by atoms with Gasteiger partial charge in [0.15, 0.2) is 0 Å². The van der Waals surface area contributed by atoms with Crippen LogP contribution in [0.3, 0.4) is 0 Å². The molecule has 2 atom stereocenters. The average Bonchev–Trinajstić information content (AvgIpc) is 2.34. The van der Waals surface area contributed by atoms with E-state index in [-0.39, 0.29) is 0 Å². The highest BCUT2D eigenvalue weighted by Gasteiger charge is 2.15. The van der Waals surface area contributed by atoms with Crippen LogP contribution >= 0.6 is 23.5 Å². The summed E-state index contributed by atoms with van der Waals surface area (Å²) in [5.41, 5.74) is 5.64. The molecule has 1 heterocycles. The smallest absolute Gasteiger partial charge is 0.0146 e. The van der Waals surface area contributed by atoms with Gasteiger partial charge in [-0.3, -0.25) is 0 Å². The van der Waals surface area contributed by atoms with Crippen LogP contribution in [0, 0.1) is 0 Å². The molecule has 1 saturated heterocycles. The Bertz CT molecular complexity index is 89.6. The van der Waals surface area contributed by atoms with Crippen LogP contribution in [0.1, 0.15) is 13.3 Å². The van der Waals surface area contributed by atoms with Crippen molar-refractivity contribution in [1.82, 2.24) is 0 Å². The Morgan fingerprint density at radius 3 is 3.10 bits per heavy atom. The van der Waals surface area contributed by atoms with Gasteiger partial charge < -0.3 is 5.73 Å². The zero-order valence-corrected chi connectivity index (χ0v) is 8.01. The second kappa shape index (κ2) is 4.52. The van der Waals surface area contributed by atoms with E-state index in [9.17, 15) is 0 Å². The summed E-state index contributed by atoms with van der Waals surface area (Å²) in [5.74, 6) is 3.83. The van der Waals surface area contributed by atoms with Crippen LogP contribution in [0.15, 0.2) is 0 Å². The number of hydrogen-bond acceptors (Lipinski definition) is 3. The molecule has 0 saturated carbocycles. The Labute approximate surface area is 71.5 Å². The molecular weight excluding hydrogens is 162 g/mol. The van der Waals surface area contributed by atoms with E-state index in [4.69, 9.17) is 5.73 Å². The normalized spacial score (nSPS) is 28.8. The molecule has 0 spiro atoms. The fourth-order valence-electron chi connectivity index (χ4n) is 0.932. The summed E-state index contributed by atoms with van der Waals surface area (Å²) in [5, 5.41) is 0.899. The first-order valence-corrected chi connectivity index (χ1v) is 5.94. The van der Waals surface area contributed by atoms with E-state index >= 15 is 0 Å². The SMILES string of the molecule is CC(N)CSC1CCSC1. The lowest BCUT2D eigenvalue weighted by Gasteiger charge is -2.09. The molecule has 2 N–H and O–H groups in total. The number of nitrogens with two attached hydrogens (primary N) is 1. The summed E-state index contributed by atoms with van der Waals surface area (Å²) in [6, 6.07) is 0.371. The lowest BCUT2D eigenvalue weighted by Crippen LogP contribution is -2.19. The van der Waals surface area contributed by atoms with Crippen LogP contribution < -0.4 is 5.73 Å². The highest BCUT2D eigenvalue weighted by molar-refractivity contribution is 8.04. The van der Waals surface area contributed by atoms with Crippen LogP contribution in [0.25, 0.3) is 0 Å². The molecule has 0 aromatic rings. The zero-order chi connectivity index (χ0) is 7.40. The van der Waals surface area contributed by atoms with Gasteiger partial charge in [0.25, 0.3) is 0 Å². The third-order valence-corrected chi connectivity index (χ3v) is 4.45. The fraction of sp³-hybridized carbons (Fsp3) is 1.00. The molecule has 1 fully saturated rings. The molecule has 0 aromatic heterocycles. The van der Waals surface area contributed by atoms with E-state index in [2.05, 4.69) is 18.7 Å². The number of rotatable bonds is 3. The minimum Gasteiger partial charge on any atom is -0.327 e. The van der Waals surface area contributed by atoms with Crippen LogP contribution in [0.5, 0.6) is 0 Å². The van der Waals surface area contributed by atoms with Crippen molar-refractivity contribution in [2.45, 2.75) is 24.6 Å². The Balaban J connectivity index is 2.01. The van der Waals surface area contributed by atoms with Crippen molar-refractivity contribution in [3.05, 3.63) is 0 Å². The van der Waals surface area contributed by atoms with E-state index in [1.807, 2.05) is 11.8 Å². The maximum absolute atomic E-state index is 5.64. The standard InChI is InChI=1S/C7H15NS2/c1-6(8)4-10-7-2-3-9-5-7/h6-7H,2-5,8H2,1H3. The topological polar surface area (TPSA) is 26.0 Å². The lowest BCUT2D eigenvalue weighted by atomic mass is 10.4. The summed E-state index contributed by atoms with van der Waals surface area (Å²) < 4.78 is 0. The molecule has 1 rings (SSSR count). The summed E-state index contributed by atoms with van der Waals surface area (Å²) in [6.07, 6.45) is 1.39. The van der Waals surface area contributed by atoms with Crippen molar-refractivity contribution >= 4 is 23.5 Å². The van der Waals surface area contributed by atoms with Gasteiger partial charge in [-0.1, -0.05) is 0 Å². The van der Waals surface area contributed by atoms with Crippen LogP contribution in [-0.2, 0) is 0 Å². The predicted octanol–water partition coefficient (Wildman–Crippen LogP) is 1.57. The van der Waals surface area contributed by atoms with Gasteiger partial charge in [-0.15, -0.1) is 0 Å². The minimum atomic E-state index is 0.371. The van der Waals surface area contributed by atoms with Gasteiger partial charge in [-0.25, -0.2) is 0 Å². The first-order valence-electron chi connectivity index (χ1n) is 3.74. The summed E-state index contributed by atoms with van der Waals surface area (Å²) in [7, 11) is 0. The molecule has 60 valence electrons. The zero-order valence-electron chi connectivity index (χ0n) is 6.38. The molecule has 1 nitrogen and oxygen atoms in total. The largest absolute Gasteiger partial charge is 0.327 e. The van der Waals surface area contributed by atoms with E-state index < -0.39 is 0 Å². The first kappa shape index (κ1) is 8.75. The van der Waals surface area contributed by atoms with E-state index in [1.54, 1.807) is 0 Å². The Morgan fingerprint density at radius 2 is 2.60 bits per heavy atom. The summed E-state index contributed by atoms with van der Waals surface area (Å²) >= 11 is 4.12. The number of hydrogen-bond donors (Lipinski definition) is 1. The van der Waals surface area contributed by atoms with Crippen molar-refractivity contribution in [3.8, 4) is 0 Å². The maximum atomic E-state index is 5.64. The second-order valence-electron chi connectivity index (χ2n) is 2.80. The third-order valence-electron chi connectivity index (χ3n) is 1.48. The van der Waals surface area contributed by atoms with Gasteiger partial charge in [0, 0.05) is 22.8 Å². The van der Waals surface area contributed by atoms with E-state index in [0.29, 0.717) is 6.04 Å². The molecule has 2 unspecified atom stereocenters. The van der Waals surface area contributed by atoms with Crippen molar-refractivity contribution in [2.75, 3.05) is 17.3 Å². The Kier molecular flexibility index (Phi) is 3.96. The molecule has 10 heavy (non-hydrogen) atoms. The van der Waals surface area contributed by atoms with Crippen LogP contribution in [-0.4, -0.2) is 28.6 Å². The highest BCUT2D eigenvalue weighted by atomic mass is 32.2. The van der Waals surface area contributed by atoms with Crippen molar-refractivity contribution in [1.29, 1.82) is 0 Å². The van der Waals surface area contributed by atoms with Gasteiger partial charge >= 0.3 is 0 Å². The molecule has 0 aliphatic carbocycles. The molecule has 1 aliphatic rings. The quantitative estimate of drug-likeness (QED) is 0.709. The first-order chi connectivity index (χ1) is 4.79. The Hall–Kier alpha value is 0.660. The van der Waals surface area contributed by atoms with Crippen molar-refractivity contribution in [2.24, 2.45) is 5.73 Å². The number of thioether (sulfide) groups is 2. The molecule has 0 radical (unpaired) electrons. The fourth-order valence-corrected chi connectivity index (χ4v) is 3.66. The van der Waals surface area contributed by atoms with E-state index in [1.165, 1.54) is 17.9 Å². The van der Waals surface area contributed by atoms with E-state index in [0.717, 1.165) is 11.0 Å². The summed E-state index contributed by atoms with van der Waals surface area (Å²) in [4.78, 5) is 0. The van der Waals surface area contributed by atoms with Crippen molar-refractivity contribution < 1.29 is 0 Å². The monoisotopic (exact) mass is 177 g/mol. The molecule has 0 aromatic carbocycles. The van der Waals surface area contributed by atoms with Crippen LogP contribution in [0.4, 0.5) is 0 Å². The van der Waals surface area contributed by atoms with Crippen molar-refractivity contribution in [3.63, 3.8) is 0 Å². The predicted molar refractivity (Wildman–Crippen MR) is 51.8 cm³/mol. The Morgan fingerprint density at radius 1 is 1.80 bits per heavy atom. The molecule has 0 bridgehead atoms.